The topological polar surface area (TPSA) is 143 Å². The predicted octanol–water partition coefficient (Wildman–Crippen LogP) is -5.35. The van der Waals surface area contributed by atoms with Crippen molar-refractivity contribution in [2.75, 3.05) is 0 Å². The van der Waals surface area contributed by atoms with Gasteiger partial charge in [0.25, 0.3) is 0 Å². The standard InChI is InChI=1S/C2H4N4O2.CH2O3.Na/c7-1-3-5-6-4-2-8;2-1(3)4;/h1-2H,(H,3,6,7)(H,4,5,8);(H2,2,3,4);/q;;+1/p-1. The second-order valence-electron chi connectivity index (χ2n) is 0.960. The number of rotatable bonds is 4. The second-order valence-corrected chi connectivity index (χ2v) is 0.960. The van der Waals surface area contributed by atoms with Crippen LogP contribution in [-0.2, 0) is 9.59 Å². The smallest absolute Gasteiger partial charge is 0.565 e. The van der Waals surface area contributed by atoms with E-state index in [2.05, 4.69) is 10.4 Å². The van der Waals surface area contributed by atoms with Crippen LogP contribution in [0, 0.1) is 0 Å². The number of hydrogen-bond donors (Lipinski definition) is 3. The molecule has 0 spiro atoms. The molecule has 0 aliphatic heterocycles. The first-order valence-electron chi connectivity index (χ1n) is 2.33. The molecule has 0 saturated carbocycles. The Morgan fingerprint density at radius 2 is 1.46 bits per heavy atom. The number of hydrogen-bond acceptors (Lipinski definition) is 6. The van der Waals surface area contributed by atoms with Gasteiger partial charge < -0.3 is 15.0 Å². The van der Waals surface area contributed by atoms with Gasteiger partial charge in [-0.2, -0.15) is 0 Å². The van der Waals surface area contributed by atoms with E-state index in [4.69, 9.17) is 15.0 Å². The molecule has 68 valence electrons. The van der Waals surface area contributed by atoms with Crippen LogP contribution >= 0.6 is 0 Å². The Hall–Kier alpha value is -1.19. The van der Waals surface area contributed by atoms with Crippen LogP contribution in [0.3, 0.4) is 0 Å². The fourth-order valence-electron chi connectivity index (χ4n) is 0.105. The third-order valence-corrected chi connectivity index (χ3v) is 0.271. The summed E-state index contributed by atoms with van der Waals surface area (Å²) in [5.74, 6) is 0. The van der Waals surface area contributed by atoms with Crippen molar-refractivity contribution in [1.82, 2.24) is 10.9 Å². The van der Waals surface area contributed by atoms with E-state index in [0.29, 0.717) is 12.8 Å². The fraction of sp³-hybridized carbons (Fsp3) is 0. The van der Waals surface area contributed by atoms with Gasteiger partial charge in [0.05, 0.1) is 0 Å². The van der Waals surface area contributed by atoms with Crippen molar-refractivity contribution >= 4 is 19.0 Å². The number of nitrogens with zero attached hydrogens (tertiary/aromatic N) is 2. The van der Waals surface area contributed by atoms with Gasteiger partial charge in [-0.1, -0.05) is 0 Å². The number of amides is 2. The average molecular weight is 200 g/mol. The molecule has 0 aliphatic rings. The number of carbonyl (C=O) groups is 3. The van der Waals surface area contributed by atoms with E-state index in [0.717, 1.165) is 0 Å². The molecule has 0 saturated heterocycles. The summed E-state index contributed by atoms with van der Waals surface area (Å²) in [5.41, 5.74) is 3.68. The van der Waals surface area contributed by atoms with Crippen LogP contribution in [0.2, 0.25) is 0 Å². The van der Waals surface area contributed by atoms with Gasteiger partial charge in [0, 0.05) is 0 Å². The van der Waals surface area contributed by atoms with E-state index in [1.54, 1.807) is 0 Å². The molecular weight excluding hydrogens is 195 g/mol. The monoisotopic (exact) mass is 200 g/mol. The molecule has 0 rings (SSSR count). The largest absolute Gasteiger partial charge is 1.00 e. The third kappa shape index (κ3) is 57.8. The molecule has 0 bridgehead atoms. The fourth-order valence-corrected chi connectivity index (χ4v) is 0.105. The maximum Gasteiger partial charge on any atom is 1.00 e. The minimum atomic E-state index is -2.08. The van der Waals surface area contributed by atoms with Gasteiger partial charge in [-0.15, -0.1) is 0 Å². The molecule has 0 atom stereocenters. The quantitative estimate of drug-likeness (QED) is 0.179. The zero-order chi connectivity index (χ0) is 9.82. The maximum atomic E-state index is 9.39. The molecule has 10 heteroatoms. The summed E-state index contributed by atoms with van der Waals surface area (Å²) < 4.78 is 0. The summed E-state index contributed by atoms with van der Waals surface area (Å²) in [6.07, 6.45) is -1.42. The Bertz CT molecular complexity index is 157. The second kappa shape index (κ2) is 17.1. The van der Waals surface area contributed by atoms with Gasteiger partial charge in [-0.05, 0) is 10.4 Å². The van der Waals surface area contributed by atoms with E-state index < -0.39 is 6.16 Å². The number of carbonyl (C=O) groups excluding carboxylic acids is 2. The Morgan fingerprint density at radius 3 is 1.62 bits per heavy atom. The Balaban J connectivity index is -0.000000173. The summed E-state index contributed by atoms with van der Waals surface area (Å²) in [6, 6.07) is 0. The zero-order valence-corrected chi connectivity index (χ0v) is 8.63. The molecular formula is C3H5N4NaO5. The molecule has 0 unspecified atom stereocenters. The van der Waals surface area contributed by atoms with Crippen molar-refractivity contribution in [2.45, 2.75) is 0 Å². The summed E-state index contributed by atoms with van der Waals surface area (Å²) in [6.45, 7) is 0. The van der Waals surface area contributed by atoms with Crippen LogP contribution in [0.1, 0.15) is 0 Å². The summed E-state index contributed by atoms with van der Waals surface area (Å²) in [5, 5.41) is 21.2. The van der Waals surface area contributed by atoms with Crippen LogP contribution in [0.5, 0.6) is 0 Å². The first-order valence-corrected chi connectivity index (χ1v) is 2.33. The van der Waals surface area contributed by atoms with Gasteiger partial charge in [-0.25, -0.2) is 10.9 Å². The van der Waals surface area contributed by atoms with Crippen LogP contribution in [0.25, 0.3) is 0 Å². The molecule has 3 N–H and O–H groups in total. The first-order chi connectivity index (χ1) is 5.65. The zero-order valence-electron chi connectivity index (χ0n) is 6.63. The summed E-state index contributed by atoms with van der Waals surface area (Å²) >= 11 is 0. The summed E-state index contributed by atoms with van der Waals surface area (Å²) in [7, 11) is 0. The average Bonchev–Trinajstić information content (AvgIpc) is 1.97. The van der Waals surface area contributed by atoms with E-state index in [1.165, 1.54) is 0 Å². The molecule has 9 nitrogen and oxygen atoms in total. The molecule has 0 fully saturated rings. The van der Waals surface area contributed by atoms with E-state index >= 15 is 0 Å². The first kappa shape index (κ1) is 17.8. The molecule has 0 aliphatic carbocycles. The van der Waals surface area contributed by atoms with Crippen LogP contribution in [0.4, 0.5) is 4.79 Å². The number of carboxylic acid groups (broad SMARTS) is 2. The van der Waals surface area contributed by atoms with Gasteiger partial charge >= 0.3 is 29.6 Å². The number of nitrogens with one attached hydrogen (secondary N) is 2. The van der Waals surface area contributed by atoms with Crippen molar-refractivity contribution in [3.8, 4) is 0 Å². The van der Waals surface area contributed by atoms with Crippen molar-refractivity contribution < 1.29 is 54.2 Å². The Labute approximate surface area is 94.4 Å². The Kier molecular flexibility index (Phi) is 23.3. The normalized spacial score (nSPS) is 7.08. The minimum absolute atomic E-state index is 0. The molecule has 0 aromatic heterocycles. The van der Waals surface area contributed by atoms with Gasteiger partial charge in [0.2, 0.25) is 19.0 Å². The van der Waals surface area contributed by atoms with Crippen LogP contribution < -0.4 is 45.5 Å². The molecule has 0 radical (unpaired) electrons. The van der Waals surface area contributed by atoms with Crippen molar-refractivity contribution in [1.29, 1.82) is 0 Å². The van der Waals surface area contributed by atoms with Crippen molar-refractivity contribution in [3.63, 3.8) is 0 Å². The van der Waals surface area contributed by atoms with Crippen molar-refractivity contribution in [3.05, 3.63) is 0 Å². The van der Waals surface area contributed by atoms with Gasteiger partial charge in [0.15, 0.2) is 0 Å². The molecule has 0 aromatic rings. The van der Waals surface area contributed by atoms with E-state index in [-0.39, 0.29) is 29.6 Å². The van der Waals surface area contributed by atoms with Crippen LogP contribution in [0.15, 0.2) is 10.4 Å². The van der Waals surface area contributed by atoms with Crippen LogP contribution in [-0.4, -0.2) is 24.1 Å². The maximum absolute atomic E-state index is 9.39. The SMILES string of the molecule is O=C([O-])O.O=CNN=NNC=O.[Na+]. The predicted molar refractivity (Wildman–Crippen MR) is 31.3 cm³/mol. The molecule has 0 aromatic carbocycles. The van der Waals surface area contributed by atoms with Gasteiger partial charge in [0.1, 0.15) is 0 Å². The molecule has 2 amide bonds. The third-order valence-electron chi connectivity index (χ3n) is 0.271. The van der Waals surface area contributed by atoms with Gasteiger partial charge in [-0.3, -0.25) is 9.59 Å². The Morgan fingerprint density at radius 1 is 1.23 bits per heavy atom. The van der Waals surface area contributed by atoms with E-state index in [1.807, 2.05) is 10.9 Å². The molecule has 13 heavy (non-hydrogen) atoms. The van der Waals surface area contributed by atoms with Crippen molar-refractivity contribution in [2.24, 2.45) is 10.4 Å². The summed E-state index contributed by atoms with van der Waals surface area (Å²) in [4.78, 5) is 27.2. The van der Waals surface area contributed by atoms with E-state index in [9.17, 15) is 9.59 Å². The minimum Gasteiger partial charge on any atom is -0.565 e. The molecule has 0 heterocycles.